The van der Waals surface area contributed by atoms with Crippen LogP contribution in [0.1, 0.15) is 0 Å². The summed E-state index contributed by atoms with van der Waals surface area (Å²) in [5.41, 5.74) is 0. The summed E-state index contributed by atoms with van der Waals surface area (Å²) in [6.07, 6.45) is 0. The molecule has 0 bridgehead atoms. The van der Waals surface area contributed by atoms with Crippen molar-refractivity contribution in [2.45, 2.75) is 11.3 Å². The summed E-state index contributed by atoms with van der Waals surface area (Å²) in [6, 6.07) is -0.0152. The molecule has 0 amide bonds. The van der Waals surface area contributed by atoms with Crippen molar-refractivity contribution < 1.29 is 13.2 Å². The van der Waals surface area contributed by atoms with Crippen molar-refractivity contribution in [1.82, 2.24) is 4.90 Å². The van der Waals surface area contributed by atoms with Crippen LogP contribution in [0.5, 0.6) is 0 Å². The number of rotatable bonds is 2. The van der Waals surface area contributed by atoms with E-state index in [1.165, 1.54) is 0 Å². The molecular formula is C9H14N2O3S2. The first-order valence-corrected chi connectivity index (χ1v) is 7.89. The number of hydrogen-bond donors (Lipinski definition) is 0. The molecule has 0 aromatic heterocycles. The average molecular weight is 262 g/mol. The zero-order chi connectivity index (χ0) is 11.6. The maximum atomic E-state index is 11.6. The Bertz CT molecular complexity index is 384. The highest BCUT2D eigenvalue weighted by molar-refractivity contribution is 8.05. The van der Waals surface area contributed by atoms with E-state index in [-0.39, 0.29) is 22.8 Å². The molecule has 0 radical (unpaired) electrons. The molecule has 2 saturated heterocycles. The van der Waals surface area contributed by atoms with Crippen LogP contribution in [0.25, 0.3) is 0 Å². The van der Waals surface area contributed by atoms with E-state index < -0.39 is 9.84 Å². The van der Waals surface area contributed by atoms with E-state index in [4.69, 9.17) is 10.00 Å². The average Bonchev–Trinajstić information content (AvgIpc) is 2.56. The molecule has 2 rings (SSSR count). The van der Waals surface area contributed by atoms with Gasteiger partial charge in [0.2, 0.25) is 0 Å². The van der Waals surface area contributed by atoms with E-state index in [9.17, 15) is 8.42 Å². The molecular weight excluding hydrogens is 248 g/mol. The zero-order valence-electron chi connectivity index (χ0n) is 8.83. The fourth-order valence-electron chi connectivity index (χ4n) is 2.23. The number of nitriles is 1. The molecule has 90 valence electrons. The lowest BCUT2D eigenvalue weighted by Crippen LogP contribution is -2.47. The highest BCUT2D eigenvalue weighted by Gasteiger charge is 2.41. The Kier molecular flexibility index (Phi) is 3.74. The Morgan fingerprint density at radius 3 is 2.62 bits per heavy atom. The molecule has 16 heavy (non-hydrogen) atoms. The second kappa shape index (κ2) is 4.92. The largest absolute Gasteiger partial charge is 0.379 e. The molecule has 0 N–H and O–H groups in total. The minimum absolute atomic E-state index is 0.0152. The molecule has 0 saturated carbocycles. The van der Waals surface area contributed by atoms with E-state index in [0.717, 1.165) is 24.9 Å². The van der Waals surface area contributed by atoms with Gasteiger partial charge in [-0.1, -0.05) is 0 Å². The van der Waals surface area contributed by atoms with Crippen LogP contribution in [0.4, 0.5) is 0 Å². The summed E-state index contributed by atoms with van der Waals surface area (Å²) < 4.78 is 28.4. The minimum atomic E-state index is -2.97. The minimum Gasteiger partial charge on any atom is -0.379 e. The standard InChI is InChI=1S/C9H14N2O3S2/c10-7-15-9-6-16(12,13)5-8(9)11-1-3-14-4-2-11/h8-9H,1-6H2. The molecule has 0 spiro atoms. The quantitative estimate of drug-likeness (QED) is 0.636. The van der Waals surface area contributed by atoms with Gasteiger partial charge in [-0.3, -0.25) is 4.90 Å². The van der Waals surface area contributed by atoms with Crippen molar-refractivity contribution in [3.63, 3.8) is 0 Å². The molecule has 5 nitrogen and oxygen atoms in total. The Morgan fingerprint density at radius 1 is 1.31 bits per heavy atom. The molecule has 0 aromatic rings. The second-order valence-electron chi connectivity index (χ2n) is 4.04. The summed E-state index contributed by atoms with van der Waals surface area (Å²) in [5, 5.41) is 10.6. The third-order valence-electron chi connectivity index (χ3n) is 2.99. The van der Waals surface area contributed by atoms with E-state index in [1.54, 1.807) is 0 Å². The predicted molar refractivity (Wildman–Crippen MR) is 61.8 cm³/mol. The first-order valence-electron chi connectivity index (χ1n) is 5.19. The zero-order valence-corrected chi connectivity index (χ0v) is 10.5. The fraction of sp³-hybridized carbons (Fsp3) is 0.889. The van der Waals surface area contributed by atoms with Crippen LogP contribution in [0.3, 0.4) is 0 Å². The number of sulfone groups is 1. The van der Waals surface area contributed by atoms with Crippen molar-refractivity contribution in [3.8, 4) is 5.40 Å². The van der Waals surface area contributed by atoms with Crippen molar-refractivity contribution in [2.24, 2.45) is 0 Å². The number of thioether (sulfide) groups is 1. The van der Waals surface area contributed by atoms with Crippen LogP contribution < -0.4 is 0 Å². The Labute approximate surface area is 99.7 Å². The lowest BCUT2D eigenvalue weighted by Gasteiger charge is -2.33. The molecule has 2 heterocycles. The Morgan fingerprint density at radius 2 is 2.00 bits per heavy atom. The fourth-order valence-corrected chi connectivity index (χ4v) is 5.63. The summed E-state index contributed by atoms with van der Waals surface area (Å²) in [6.45, 7) is 2.84. The number of thiocyanates is 1. The van der Waals surface area contributed by atoms with Crippen LogP contribution in [-0.2, 0) is 14.6 Å². The van der Waals surface area contributed by atoms with Gasteiger partial charge in [-0.25, -0.2) is 8.42 Å². The third-order valence-corrected chi connectivity index (χ3v) is 5.81. The predicted octanol–water partition coefficient (Wildman–Crippen LogP) is -0.302. The molecule has 2 fully saturated rings. The Hall–Kier alpha value is -0.290. The summed E-state index contributed by atoms with van der Waals surface area (Å²) in [4.78, 5) is 2.14. The maximum Gasteiger partial charge on any atom is 0.153 e. The molecule has 0 aromatic carbocycles. The SMILES string of the molecule is N#CSC1CS(=O)(=O)CC1N1CCOCC1. The van der Waals surface area contributed by atoms with Crippen molar-refractivity contribution >= 4 is 21.6 Å². The smallest absolute Gasteiger partial charge is 0.153 e. The van der Waals surface area contributed by atoms with Crippen LogP contribution in [0.2, 0.25) is 0 Å². The van der Waals surface area contributed by atoms with E-state index >= 15 is 0 Å². The van der Waals surface area contributed by atoms with Gasteiger partial charge in [0, 0.05) is 24.4 Å². The monoisotopic (exact) mass is 262 g/mol. The number of morpholine rings is 1. The van der Waals surface area contributed by atoms with Gasteiger partial charge in [0.05, 0.1) is 24.7 Å². The highest BCUT2D eigenvalue weighted by atomic mass is 32.2. The van der Waals surface area contributed by atoms with Gasteiger partial charge in [0.25, 0.3) is 0 Å². The van der Waals surface area contributed by atoms with Crippen molar-refractivity contribution in [2.75, 3.05) is 37.8 Å². The first kappa shape index (κ1) is 12.2. The second-order valence-corrected chi connectivity index (χ2v) is 7.22. The topological polar surface area (TPSA) is 70.4 Å². The van der Waals surface area contributed by atoms with Crippen LogP contribution in [0.15, 0.2) is 0 Å². The van der Waals surface area contributed by atoms with Gasteiger partial charge in [-0.15, -0.1) is 0 Å². The van der Waals surface area contributed by atoms with Crippen molar-refractivity contribution in [3.05, 3.63) is 0 Å². The molecule has 2 aliphatic rings. The molecule has 2 atom stereocenters. The van der Waals surface area contributed by atoms with Gasteiger partial charge in [0.1, 0.15) is 5.40 Å². The Balaban J connectivity index is 2.08. The van der Waals surface area contributed by atoms with Gasteiger partial charge in [-0.05, 0) is 11.8 Å². The molecule has 7 heteroatoms. The number of ether oxygens (including phenoxy) is 1. The van der Waals surface area contributed by atoms with Crippen LogP contribution >= 0.6 is 11.8 Å². The van der Waals surface area contributed by atoms with E-state index in [1.807, 2.05) is 5.40 Å². The maximum absolute atomic E-state index is 11.6. The van der Waals surface area contributed by atoms with Gasteiger partial charge in [-0.2, -0.15) is 5.26 Å². The van der Waals surface area contributed by atoms with Gasteiger partial charge in [0.15, 0.2) is 9.84 Å². The molecule has 2 unspecified atom stereocenters. The third kappa shape index (κ3) is 2.69. The molecule has 0 aliphatic carbocycles. The summed E-state index contributed by atoms with van der Waals surface area (Å²) in [7, 11) is -2.97. The van der Waals surface area contributed by atoms with Gasteiger partial charge < -0.3 is 4.74 Å². The molecule has 2 aliphatic heterocycles. The van der Waals surface area contributed by atoms with Crippen LogP contribution in [0, 0.1) is 10.7 Å². The van der Waals surface area contributed by atoms with Crippen molar-refractivity contribution in [1.29, 1.82) is 5.26 Å². The van der Waals surface area contributed by atoms with E-state index in [2.05, 4.69) is 4.90 Å². The lowest BCUT2D eigenvalue weighted by molar-refractivity contribution is 0.0227. The normalized spacial score (nSPS) is 34.7. The number of hydrogen-bond acceptors (Lipinski definition) is 6. The first-order chi connectivity index (χ1) is 7.62. The number of nitrogens with zero attached hydrogens (tertiary/aromatic N) is 2. The van der Waals surface area contributed by atoms with Crippen LogP contribution in [-0.4, -0.2) is 62.4 Å². The lowest BCUT2D eigenvalue weighted by atomic mass is 10.2. The summed E-state index contributed by atoms with van der Waals surface area (Å²) >= 11 is 1.09. The van der Waals surface area contributed by atoms with Gasteiger partial charge >= 0.3 is 0 Å². The highest BCUT2D eigenvalue weighted by Crippen LogP contribution is 2.28. The van der Waals surface area contributed by atoms with E-state index in [0.29, 0.717) is 13.2 Å². The summed E-state index contributed by atoms with van der Waals surface area (Å²) in [5.74, 6) is 0.319.